The first-order valence-electron chi connectivity index (χ1n) is 9.41. The number of aromatic nitrogens is 2. The van der Waals surface area contributed by atoms with Crippen molar-refractivity contribution in [1.29, 1.82) is 0 Å². The molecule has 1 aliphatic rings. The molecule has 0 saturated heterocycles. The summed E-state index contributed by atoms with van der Waals surface area (Å²) in [7, 11) is 0. The fraction of sp³-hybridized carbons (Fsp3) is 0.217. The van der Waals surface area contributed by atoms with Gasteiger partial charge in [-0.25, -0.2) is 9.97 Å². The summed E-state index contributed by atoms with van der Waals surface area (Å²) in [6.45, 7) is 2.27. The highest BCUT2D eigenvalue weighted by Crippen LogP contribution is 2.38. The van der Waals surface area contributed by atoms with Crippen LogP contribution in [0.15, 0.2) is 60.9 Å². The summed E-state index contributed by atoms with van der Waals surface area (Å²) < 4.78 is 0. The summed E-state index contributed by atoms with van der Waals surface area (Å²) in [6.07, 6.45) is 3.87. The summed E-state index contributed by atoms with van der Waals surface area (Å²) >= 11 is 0. The number of hydrogen-bond acceptors (Lipinski definition) is 4. The van der Waals surface area contributed by atoms with Gasteiger partial charge in [0, 0.05) is 22.7 Å². The molecule has 0 atom stereocenters. The summed E-state index contributed by atoms with van der Waals surface area (Å²) in [4.78, 5) is 34.2. The normalized spacial score (nSPS) is 13.2. The predicted molar refractivity (Wildman–Crippen MR) is 106 cm³/mol. The minimum atomic E-state index is -0.289. The van der Waals surface area contributed by atoms with E-state index in [0.29, 0.717) is 29.2 Å². The van der Waals surface area contributed by atoms with Crippen LogP contribution in [0.2, 0.25) is 0 Å². The molecule has 0 spiro atoms. The molecule has 1 aromatic heterocycles. The third kappa shape index (κ3) is 3.98. The second kappa shape index (κ2) is 7.72. The molecule has 1 aliphatic carbocycles. The molecular formula is C23H21N3O2. The first kappa shape index (κ1) is 18.0. The van der Waals surface area contributed by atoms with Gasteiger partial charge >= 0.3 is 0 Å². The number of hydrogen-bond donors (Lipinski definition) is 1. The second-order valence-electron chi connectivity index (χ2n) is 7.13. The first-order chi connectivity index (χ1) is 13.6. The summed E-state index contributed by atoms with van der Waals surface area (Å²) in [5, 5.41) is 2.88. The zero-order chi connectivity index (χ0) is 19.5. The molecule has 4 rings (SSSR count). The monoisotopic (exact) mass is 371 g/mol. The standard InChI is InChI=1S/C23H21N3O2/c1-15-6-8-17(9-7-15)22(27)19-4-2-3-5-20(19)23(28)24-13-18-12-21(16-10-11-16)26-14-25-18/h2-9,12,14,16H,10-11,13H2,1H3,(H,24,28). The average Bonchev–Trinajstić information content (AvgIpc) is 3.58. The number of benzene rings is 2. The Morgan fingerprint density at radius 2 is 1.71 bits per heavy atom. The Morgan fingerprint density at radius 1 is 1.00 bits per heavy atom. The van der Waals surface area contributed by atoms with Gasteiger partial charge in [-0.15, -0.1) is 0 Å². The van der Waals surface area contributed by atoms with E-state index in [-0.39, 0.29) is 11.7 Å². The van der Waals surface area contributed by atoms with Gasteiger partial charge in [0.15, 0.2) is 5.78 Å². The number of carbonyl (C=O) groups excluding carboxylic acids is 2. The number of nitrogens with one attached hydrogen (secondary N) is 1. The highest BCUT2D eigenvalue weighted by atomic mass is 16.2. The third-order valence-electron chi connectivity index (χ3n) is 4.90. The SMILES string of the molecule is Cc1ccc(C(=O)c2ccccc2C(=O)NCc2cc(C3CC3)ncn2)cc1. The molecule has 5 heteroatoms. The van der Waals surface area contributed by atoms with Crippen LogP contribution in [-0.4, -0.2) is 21.7 Å². The summed E-state index contributed by atoms with van der Waals surface area (Å²) in [5.41, 5.74) is 4.21. The molecule has 1 heterocycles. The molecule has 0 aliphatic heterocycles. The smallest absolute Gasteiger partial charge is 0.252 e. The molecule has 2 aromatic carbocycles. The van der Waals surface area contributed by atoms with Crippen molar-refractivity contribution in [2.75, 3.05) is 0 Å². The number of nitrogens with zero attached hydrogens (tertiary/aromatic N) is 2. The minimum absolute atomic E-state index is 0.163. The molecule has 5 nitrogen and oxygen atoms in total. The van der Waals surface area contributed by atoms with Gasteiger partial charge in [-0.05, 0) is 31.9 Å². The minimum Gasteiger partial charge on any atom is -0.346 e. The van der Waals surface area contributed by atoms with Gasteiger partial charge in [0.2, 0.25) is 0 Å². The van der Waals surface area contributed by atoms with E-state index in [2.05, 4.69) is 15.3 Å². The van der Waals surface area contributed by atoms with Crippen LogP contribution in [0.5, 0.6) is 0 Å². The van der Waals surface area contributed by atoms with Gasteiger partial charge < -0.3 is 5.32 Å². The molecule has 3 aromatic rings. The Bertz CT molecular complexity index is 1020. The largest absolute Gasteiger partial charge is 0.346 e. The maximum atomic E-state index is 12.9. The van der Waals surface area contributed by atoms with Crippen molar-refractivity contribution in [2.24, 2.45) is 0 Å². The van der Waals surface area contributed by atoms with Crippen LogP contribution in [0.4, 0.5) is 0 Å². The maximum Gasteiger partial charge on any atom is 0.252 e. The Hall–Kier alpha value is -3.34. The van der Waals surface area contributed by atoms with E-state index < -0.39 is 0 Å². The number of ketones is 1. The summed E-state index contributed by atoms with van der Waals surface area (Å²) in [6, 6.07) is 16.2. The van der Waals surface area contributed by atoms with Crippen molar-refractivity contribution in [3.05, 3.63) is 94.6 Å². The zero-order valence-electron chi connectivity index (χ0n) is 15.7. The molecule has 28 heavy (non-hydrogen) atoms. The van der Waals surface area contributed by atoms with Crippen LogP contribution in [0.1, 0.15) is 62.0 Å². The predicted octanol–water partition coefficient (Wildman–Crippen LogP) is 3.82. The second-order valence-corrected chi connectivity index (χ2v) is 7.13. The van der Waals surface area contributed by atoms with Gasteiger partial charge in [0.25, 0.3) is 5.91 Å². The van der Waals surface area contributed by atoms with Crippen LogP contribution in [0, 0.1) is 6.92 Å². The number of rotatable bonds is 6. The van der Waals surface area contributed by atoms with Gasteiger partial charge in [0.1, 0.15) is 6.33 Å². The molecule has 0 bridgehead atoms. The summed E-state index contributed by atoms with van der Waals surface area (Å²) in [5.74, 6) is 0.0803. The fourth-order valence-electron chi connectivity index (χ4n) is 3.12. The highest BCUT2D eigenvalue weighted by Gasteiger charge is 2.25. The molecule has 1 saturated carbocycles. The van der Waals surface area contributed by atoms with E-state index >= 15 is 0 Å². The lowest BCUT2D eigenvalue weighted by Crippen LogP contribution is -2.25. The first-order valence-corrected chi connectivity index (χ1v) is 9.41. The Morgan fingerprint density at radius 3 is 2.43 bits per heavy atom. The van der Waals surface area contributed by atoms with E-state index in [1.54, 1.807) is 42.7 Å². The highest BCUT2D eigenvalue weighted by molar-refractivity contribution is 6.15. The quantitative estimate of drug-likeness (QED) is 0.669. The van der Waals surface area contributed by atoms with E-state index in [1.165, 1.54) is 0 Å². The van der Waals surface area contributed by atoms with Crippen molar-refractivity contribution in [3.63, 3.8) is 0 Å². The lowest BCUT2D eigenvalue weighted by atomic mass is 9.97. The van der Waals surface area contributed by atoms with Crippen molar-refractivity contribution < 1.29 is 9.59 Å². The van der Waals surface area contributed by atoms with Crippen molar-refractivity contribution in [2.45, 2.75) is 32.2 Å². The molecule has 140 valence electrons. The van der Waals surface area contributed by atoms with E-state index in [4.69, 9.17) is 0 Å². The molecule has 1 amide bonds. The average molecular weight is 371 g/mol. The molecule has 1 fully saturated rings. The molecule has 1 N–H and O–H groups in total. The number of amides is 1. The zero-order valence-corrected chi connectivity index (χ0v) is 15.7. The van der Waals surface area contributed by atoms with Crippen molar-refractivity contribution in [3.8, 4) is 0 Å². The molecular weight excluding hydrogens is 350 g/mol. The van der Waals surface area contributed by atoms with Crippen molar-refractivity contribution >= 4 is 11.7 Å². The van der Waals surface area contributed by atoms with Crippen LogP contribution in [0.3, 0.4) is 0 Å². The van der Waals surface area contributed by atoms with Crippen LogP contribution in [-0.2, 0) is 6.54 Å². The lowest BCUT2D eigenvalue weighted by Gasteiger charge is -2.10. The van der Waals surface area contributed by atoms with Crippen LogP contribution >= 0.6 is 0 Å². The molecule has 0 radical (unpaired) electrons. The van der Waals surface area contributed by atoms with Gasteiger partial charge in [0.05, 0.1) is 17.8 Å². The van der Waals surface area contributed by atoms with Gasteiger partial charge in [-0.3, -0.25) is 9.59 Å². The topological polar surface area (TPSA) is 72.0 Å². The third-order valence-corrected chi connectivity index (χ3v) is 4.90. The van der Waals surface area contributed by atoms with E-state index in [9.17, 15) is 9.59 Å². The van der Waals surface area contributed by atoms with Gasteiger partial charge in [-0.2, -0.15) is 0 Å². The van der Waals surface area contributed by atoms with E-state index in [1.807, 2.05) is 25.1 Å². The molecule has 0 unspecified atom stereocenters. The Labute approximate surface area is 163 Å². The van der Waals surface area contributed by atoms with Crippen LogP contribution in [0.25, 0.3) is 0 Å². The number of aryl methyl sites for hydroxylation is 1. The van der Waals surface area contributed by atoms with Crippen molar-refractivity contribution in [1.82, 2.24) is 15.3 Å². The van der Waals surface area contributed by atoms with Gasteiger partial charge in [-0.1, -0.05) is 48.0 Å². The lowest BCUT2D eigenvalue weighted by molar-refractivity contribution is 0.0939. The van der Waals surface area contributed by atoms with E-state index in [0.717, 1.165) is 29.8 Å². The van der Waals surface area contributed by atoms with Crippen LogP contribution < -0.4 is 5.32 Å². The maximum absolute atomic E-state index is 12.9. The number of carbonyl (C=O) groups is 2. The Balaban J connectivity index is 1.51. The Kier molecular flexibility index (Phi) is 4.98. The fourth-order valence-corrected chi connectivity index (χ4v) is 3.12.